The summed E-state index contributed by atoms with van der Waals surface area (Å²) in [5.41, 5.74) is 3.47. The van der Waals surface area contributed by atoms with E-state index < -0.39 is 0 Å². The molecule has 0 aromatic heterocycles. The molecule has 8 heavy (non-hydrogen) atoms. The molecule has 0 heterocycles. The van der Waals surface area contributed by atoms with Gasteiger partial charge in [0.05, 0.1) is 0 Å². The molecule has 0 rings (SSSR count). The maximum absolute atomic E-state index is 10.4. The third-order valence-electron chi connectivity index (χ3n) is 0.889. The Balaban J connectivity index is 4.24. The van der Waals surface area contributed by atoms with E-state index in [1.807, 2.05) is 6.92 Å². The predicted octanol–water partition coefficient (Wildman–Crippen LogP) is 1.70. The summed E-state index contributed by atoms with van der Waals surface area (Å²) in [7, 11) is 0. The van der Waals surface area contributed by atoms with Gasteiger partial charge in [0, 0.05) is 5.57 Å². The van der Waals surface area contributed by atoms with Crippen LogP contribution in [0.15, 0.2) is 17.4 Å². The molecule has 0 amide bonds. The lowest BCUT2D eigenvalue weighted by molar-refractivity contribution is -0.113. The number of hydrogen-bond donors (Lipinski definition) is 0. The molecule has 0 saturated heterocycles. The molecule has 0 aliphatic heterocycles. The Kier molecular flexibility index (Phi) is 2.90. The van der Waals surface area contributed by atoms with Crippen molar-refractivity contribution in [3.63, 3.8) is 0 Å². The standard InChI is InChI=1S/C7H10O/c1-4-5-6(2)7(3)8/h4H,1-3H3. The van der Waals surface area contributed by atoms with E-state index in [0.29, 0.717) is 5.57 Å². The predicted molar refractivity (Wildman–Crippen MR) is 33.6 cm³/mol. The molecule has 0 fully saturated rings. The molecule has 0 aromatic carbocycles. The third kappa shape index (κ3) is 2.38. The molecule has 0 aromatic rings. The number of carbonyl (C=O) groups is 1. The molecule has 1 nitrogen and oxygen atoms in total. The SMILES string of the molecule is CC=C=C(C)C(C)=O. The van der Waals surface area contributed by atoms with E-state index in [9.17, 15) is 4.79 Å². The Labute approximate surface area is 49.7 Å². The minimum Gasteiger partial charge on any atom is -0.294 e. The van der Waals surface area contributed by atoms with Gasteiger partial charge < -0.3 is 0 Å². The van der Waals surface area contributed by atoms with Gasteiger partial charge in [0.2, 0.25) is 0 Å². The number of allylic oxidation sites excluding steroid dienone is 1. The molecule has 44 valence electrons. The highest BCUT2D eigenvalue weighted by Gasteiger charge is 1.89. The lowest BCUT2D eigenvalue weighted by Crippen LogP contribution is -1.87. The molecule has 0 N–H and O–H groups in total. The van der Waals surface area contributed by atoms with Crippen LogP contribution in [0.5, 0.6) is 0 Å². The van der Waals surface area contributed by atoms with Crippen LogP contribution >= 0.6 is 0 Å². The van der Waals surface area contributed by atoms with Crippen LogP contribution in [-0.4, -0.2) is 5.78 Å². The number of Topliss-reactive ketones (excluding diaryl/α,β-unsaturated/α-hetero) is 1. The fraction of sp³-hybridized carbons (Fsp3) is 0.429. The first-order valence-electron chi connectivity index (χ1n) is 2.57. The Hall–Kier alpha value is -0.810. The second-order valence-electron chi connectivity index (χ2n) is 1.61. The van der Waals surface area contributed by atoms with Crippen molar-refractivity contribution in [2.75, 3.05) is 0 Å². The highest BCUT2D eigenvalue weighted by atomic mass is 16.1. The van der Waals surface area contributed by atoms with Gasteiger partial charge in [-0.15, -0.1) is 5.73 Å². The smallest absolute Gasteiger partial charge is 0.163 e. The highest BCUT2D eigenvalue weighted by molar-refractivity contribution is 5.92. The van der Waals surface area contributed by atoms with Gasteiger partial charge in [0.1, 0.15) is 0 Å². The van der Waals surface area contributed by atoms with Crippen LogP contribution in [-0.2, 0) is 4.79 Å². The third-order valence-corrected chi connectivity index (χ3v) is 0.889. The van der Waals surface area contributed by atoms with Gasteiger partial charge in [-0.3, -0.25) is 4.79 Å². The molecule has 0 aliphatic rings. The quantitative estimate of drug-likeness (QED) is 0.371. The van der Waals surface area contributed by atoms with Crippen molar-refractivity contribution < 1.29 is 4.79 Å². The monoisotopic (exact) mass is 110 g/mol. The Morgan fingerprint density at radius 2 is 2.00 bits per heavy atom. The zero-order valence-corrected chi connectivity index (χ0v) is 5.49. The largest absolute Gasteiger partial charge is 0.294 e. The zero-order valence-electron chi connectivity index (χ0n) is 5.49. The normalized spacial score (nSPS) is 7.38. The first-order valence-corrected chi connectivity index (χ1v) is 2.57. The van der Waals surface area contributed by atoms with Crippen molar-refractivity contribution >= 4 is 5.78 Å². The van der Waals surface area contributed by atoms with E-state index in [4.69, 9.17) is 0 Å². The lowest BCUT2D eigenvalue weighted by Gasteiger charge is -1.82. The molecule has 0 aliphatic carbocycles. The summed E-state index contributed by atoms with van der Waals surface area (Å²) >= 11 is 0. The number of carbonyl (C=O) groups excluding carboxylic acids is 1. The van der Waals surface area contributed by atoms with E-state index in [-0.39, 0.29) is 5.78 Å². The second-order valence-corrected chi connectivity index (χ2v) is 1.61. The van der Waals surface area contributed by atoms with Gasteiger partial charge >= 0.3 is 0 Å². The average molecular weight is 110 g/mol. The minimum atomic E-state index is 0.0862. The maximum atomic E-state index is 10.4. The Bertz CT molecular complexity index is 148. The van der Waals surface area contributed by atoms with Crippen molar-refractivity contribution in [2.45, 2.75) is 20.8 Å². The number of rotatable bonds is 1. The van der Waals surface area contributed by atoms with Crippen LogP contribution in [0.1, 0.15) is 20.8 Å². The number of ketones is 1. The van der Waals surface area contributed by atoms with Crippen LogP contribution in [0.25, 0.3) is 0 Å². The minimum absolute atomic E-state index is 0.0862. The van der Waals surface area contributed by atoms with Gasteiger partial charge in [-0.05, 0) is 26.8 Å². The Morgan fingerprint density at radius 1 is 1.50 bits per heavy atom. The van der Waals surface area contributed by atoms with Crippen LogP contribution in [0, 0.1) is 0 Å². The molecule has 0 saturated carbocycles. The first-order chi connectivity index (χ1) is 3.68. The molecule has 0 radical (unpaired) electrons. The molecule has 0 bridgehead atoms. The van der Waals surface area contributed by atoms with E-state index in [1.54, 1.807) is 13.0 Å². The Morgan fingerprint density at radius 3 is 2.12 bits per heavy atom. The fourth-order valence-electron chi connectivity index (χ4n) is 0.318. The van der Waals surface area contributed by atoms with E-state index in [2.05, 4.69) is 5.73 Å². The summed E-state index contributed by atoms with van der Waals surface area (Å²) in [6, 6.07) is 0. The molecule has 0 unspecified atom stereocenters. The van der Waals surface area contributed by atoms with Gasteiger partial charge in [-0.1, -0.05) is 0 Å². The summed E-state index contributed by atoms with van der Waals surface area (Å²) < 4.78 is 0. The van der Waals surface area contributed by atoms with Crippen molar-refractivity contribution in [2.24, 2.45) is 0 Å². The molecule has 1 heteroatoms. The van der Waals surface area contributed by atoms with E-state index >= 15 is 0 Å². The maximum Gasteiger partial charge on any atom is 0.163 e. The topological polar surface area (TPSA) is 17.1 Å². The average Bonchev–Trinajstić information content (AvgIpc) is 1.67. The van der Waals surface area contributed by atoms with Crippen molar-refractivity contribution in [3.05, 3.63) is 17.4 Å². The van der Waals surface area contributed by atoms with E-state index in [0.717, 1.165) is 0 Å². The van der Waals surface area contributed by atoms with Crippen molar-refractivity contribution in [3.8, 4) is 0 Å². The van der Waals surface area contributed by atoms with Gasteiger partial charge in [0.25, 0.3) is 0 Å². The van der Waals surface area contributed by atoms with Crippen molar-refractivity contribution in [1.29, 1.82) is 0 Å². The first kappa shape index (κ1) is 7.19. The summed E-state index contributed by atoms with van der Waals surface area (Å²) in [5, 5.41) is 0. The molecular formula is C7H10O. The molecule has 0 spiro atoms. The fourth-order valence-corrected chi connectivity index (χ4v) is 0.318. The van der Waals surface area contributed by atoms with Gasteiger partial charge in [-0.25, -0.2) is 0 Å². The summed E-state index contributed by atoms with van der Waals surface area (Å²) in [6.07, 6.45) is 1.73. The summed E-state index contributed by atoms with van der Waals surface area (Å²) in [4.78, 5) is 10.4. The van der Waals surface area contributed by atoms with Gasteiger partial charge in [0.15, 0.2) is 5.78 Å². The molecule has 0 atom stereocenters. The molecular weight excluding hydrogens is 100 g/mol. The van der Waals surface area contributed by atoms with Crippen LogP contribution in [0.3, 0.4) is 0 Å². The highest BCUT2D eigenvalue weighted by Crippen LogP contribution is 1.88. The van der Waals surface area contributed by atoms with Crippen LogP contribution in [0.2, 0.25) is 0 Å². The summed E-state index contributed by atoms with van der Waals surface area (Å²) in [6.45, 7) is 5.13. The zero-order chi connectivity index (χ0) is 6.57. The van der Waals surface area contributed by atoms with Crippen LogP contribution < -0.4 is 0 Å². The van der Waals surface area contributed by atoms with Crippen molar-refractivity contribution in [1.82, 2.24) is 0 Å². The summed E-state index contributed by atoms with van der Waals surface area (Å²) in [5.74, 6) is 0.0862. The van der Waals surface area contributed by atoms with Crippen LogP contribution in [0.4, 0.5) is 0 Å². The van der Waals surface area contributed by atoms with E-state index in [1.165, 1.54) is 6.92 Å². The second kappa shape index (κ2) is 3.23. The number of hydrogen-bond acceptors (Lipinski definition) is 1. The van der Waals surface area contributed by atoms with Gasteiger partial charge in [-0.2, -0.15) is 0 Å². The lowest BCUT2D eigenvalue weighted by atomic mass is 10.2.